The van der Waals surface area contributed by atoms with Crippen LogP contribution in [0.4, 0.5) is 5.69 Å². The summed E-state index contributed by atoms with van der Waals surface area (Å²) in [5, 5.41) is 3.30. The van der Waals surface area contributed by atoms with Gasteiger partial charge in [-0.1, -0.05) is 0 Å². The third-order valence-electron chi connectivity index (χ3n) is 4.98. The van der Waals surface area contributed by atoms with Gasteiger partial charge in [-0.15, -0.1) is 0 Å². The summed E-state index contributed by atoms with van der Waals surface area (Å²) < 4.78 is 28.3. The Kier molecular flexibility index (Phi) is 4.68. The summed E-state index contributed by atoms with van der Waals surface area (Å²) in [4.78, 5) is 13.8. The van der Waals surface area contributed by atoms with Gasteiger partial charge in [0.1, 0.15) is 0 Å². The van der Waals surface area contributed by atoms with Crippen molar-refractivity contribution in [3.8, 4) is 0 Å². The Labute approximate surface area is 143 Å². The Hall–Kier alpha value is -1.44. The van der Waals surface area contributed by atoms with E-state index < -0.39 is 10.0 Å². The molecule has 2 aliphatic heterocycles. The van der Waals surface area contributed by atoms with Crippen LogP contribution in [0, 0.1) is 0 Å². The molecule has 1 aromatic carbocycles. The highest BCUT2D eigenvalue weighted by atomic mass is 32.2. The highest BCUT2D eigenvalue weighted by Gasteiger charge is 2.31. The standard InChI is InChI=1S/C17H25N3O3S/c1-11-9-14-10-15(6-7-17(14)20(11)13(3)21)24(22,23)19-16-5-4-8-18-12(16)2/h6-7,10-12,16,18-19H,4-5,8-9H2,1-3H3. The fraction of sp³-hybridized carbons (Fsp3) is 0.588. The van der Waals surface area contributed by atoms with Crippen LogP contribution in [0.25, 0.3) is 0 Å². The Morgan fingerprint density at radius 3 is 2.75 bits per heavy atom. The van der Waals surface area contributed by atoms with E-state index in [-0.39, 0.29) is 28.9 Å². The monoisotopic (exact) mass is 351 g/mol. The summed E-state index contributed by atoms with van der Waals surface area (Å²) in [6.45, 7) is 6.44. The molecule has 2 N–H and O–H groups in total. The number of nitrogens with one attached hydrogen (secondary N) is 2. The summed E-state index contributed by atoms with van der Waals surface area (Å²) in [6, 6.07) is 5.14. The van der Waals surface area contributed by atoms with Crippen molar-refractivity contribution in [3.63, 3.8) is 0 Å². The average molecular weight is 351 g/mol. The van der Waals surface area contributed by atoms with E-state index >= 15 is 0 Å². The summed E-state index contributed by atoms with van der Waals surface area (Å²) in [6.07, 6.45) is 2.49. The SMILES string of the molecule is CC(=O)N1c2ccc(S(=O)(=O)NC3CCCNC3C)cc2CC1C. The maximum Gasteiger partial charge on any atom is 0.240 e. The lowest BCUT2D eigenvalue weighted by molar-refractivity contribution is -0.116. The van der Waals surface area contributed by atoms with E-state index in [0.29, 0.717) is 6.42 Å². The predicted molar refractivity (Wildman–Crippen MR) is 93.6 cm³/mol. The van der Waals surface area contributed by atoms with Gasteiger partial charge in [0.15, 0.2) is 0 Å². The lowest BCUT2D eigenvalue weighted by Crippen LogP contribution is -2.51. The molecule has 6 nitrogen and oxygen atoms in total. The number of fused-ring (bicyclic) bond motifs is 1. The molecule has 0 spiro atoms. The minimum atomic E-state index is -3.56. The fourth-order valence-corrected chi connectivity index (χ4v) is 5.13. The first-order chi connectivity index (χ1) is 11.3. The molecule has 1 saturated heterocycles. The van der Waals surface area contributed by atoms with Gasteiger partial charge in [0.25, 0.3) is 0 Å². The van der Waals surface area contributed by atoms with Crippen molar-refractivity contribution in [2.75, 3.05) is 11.4 Å². The molecule has 7 heteroatoms. The van der Waals surface area contributed by atoms with E-state index in [1.807, 2.05) is 13.8 Å². The highest BCUT2D eigenvalue weighted by Crippen LogP contribution is 2.34. The zero-order valence-corrected chi connectivity index (χ0v) is 15.2. The summed E-state index contributed by atoms with van der Waals surface area (Å²) in [7, 11) is -3.56. The third kappa shape index (κ3) is 3.20. The summed E-state index contributed by atoms with van der Waals surface area (Å²) >= 11 is 0. The second-order valence-electron chi connectivity index (χ2n) is 6.85. The van der Waals surface area contributed by atoms with Gasteiger partial charge in [0.05, 0.1) is 4.90 Å². The molecular formula is C17H25N3O3S. The number of piperidine rings is 1. The maximum absolute atomic E-state index is 12.7. The first kappa shape index (κ1) is 17.4. The number of carbonyl (C=O) groups excluding carboxylic acids is 1. The van der Waals surface area contributed by atoms with Gasteiger partial charge in [-0.2, -0.15) is 0 Å². The molecule has 1 amide bonds. The number of hydrogen-bond acceptors (Lipinski definition) is 4. The van der Waals surface area contributed by atoms with E-state index in [2.05, 4.69) is 10.0 Å². The van der Waals surface area contributed by atoms with Crippen LogP contribution >= 0.6 is 0 Å². The van der Waals surface area contributed by atoms with Crippen molar-refractivity contribution in [2.45, 2.75) is 63.1 Å². The average Bonchev–Trinajstić information content (AvgIpc) is 2.84. The molecule has 0 bridgehead atoms. The van der Waals surface area contributed by atoms with Crippen LogP contribution in [0.1, 0.15) is 39.2 Å². The lowest BCUT2D eigenvalue weighted by Gasteiger charge is -2.30. The van der Waals surface area contributed by atoms with Gasteiger partial charge >= 0.3 is 0 Å². The number of hydrogen-bond donors (Lipinski definition) is 2. The molecule has 1 aromatic rings. The van der Waals surface area contributed by atoms with Crippen molar-refractivity contribution >= 4 is 21.6 Å². The van der Waals surface area contributed by atoms with E-state index in [0.717, 1.165) is 30.6 Å². The molecule has 0 aliphatic carbocycles. The van der Waals surface area contributed by atoms with Gasteiger partial charge in [-0.3, -0.25) is 4.79 Å². The fourth-order valence-electron chi connectivity index (χ4n) is 3.73. The topological polar surface area (TPSA) is 78.5 Å². The zero-order valence-electron chi connectivity index (χ0n) is 14.4. The number of amides is 1. The molecule has 132 valence electrons. The first-order valence-corrected chi connectivity index (χ1v) is 9.96. The molecule has 2 heterocycles. The third-order valence-corrected chi connectivity index (χ3v) is 6.47. The highest BCUT2D eigenvalue weighted by molar-refractivity contribution is 7.89. The van der Waals surface area contributed by atoms with Gasteiger partial charge in [0, 0.05) is 30.7 Å². The number of carbonyl (C=O) groups is 1. The number of rotatable bonds is 3. The molecule has 3 atom stereocenters. The normalized spacial score (nSPS) is 27.1. The van der Waals surface area contributed by atoms with Crippen LogP contribution in [0.5, 0.6) is 0 Å². The van der Waals surface area contributed by atoms with Crippen molar-refractivity contribution in [1.82, 2.24) is 10.0 Å². The predicted octanol–water partition coefficient (Wildman–Crippen LogP) is 1.40. The molecule has 3 rings (SSSR count). The van der Waals surface area contributed by atoms with E-state index in [4.69, 9.17) is 0 Å². The second-order valence-corrected chi connectivity index (χ2v) is 8.56. The Morgan fingerprint density at radius 1 is 1.33 bits per heavy atom. The number of nitrogens with zero attached hydrogens (tertiary/aromatic N) is 1. The lowest BCUT2D eigenvalue weighted by atomic mass is 10.0. The maximum atomic E-state index is 12.7. The Morgan fingerprint density at radius 2 is 2.08 bits per heavy atom. The van der Waals surface area contributed by atoms with Crippen molar-refractivity contribution in [2.24, 2.45) is 0 Å². The van der Waals surface area contributed by atoms with Crippen molar-refractivity contribution < 1.29 is 13.2 Å². The van der Waals surface area contributed by atoms with Crippen LogP contribution in [-0.2, 0) is 21.2 Å². The molecule has 0 radical (unpaired) electrons. The van der Waals surface area contributed by atoms with Gasteiger partial charge in [-0.05, 0) is 63.4 Å². The van der Waals surface area contributed by atoms with E-state index in [1.165, 1.54) is 6.92 Å². The summed E-state index contributed by atoms with van der Waals surface area (Å²) in [5.41, 5.74) is 1.73. The van der Waals surface area contributed by atoms with Crippen LogP contribution in [-0.4, -0.2) is 39.0 Å². The van der Waals surface area contributed by atoms with Gasteiger partial charge in [-0.25, -0.2) is 13.1 Å². The van der Waals surface area contributed by atoms with Crippen LogP contribution in [0.3, 0.4) is 0 Å². The minimum Gasteiger partial charge on any atom is -0.313 e. The quantitative estimate of drug-likeness (QED) is 0.863. The largest absolute Gasteiger partial charge is 0.313 e. The van der Waals surface area contributed by atoms with Crippen molar-refractivity contribution in [3.05, 3.63) is 23.8 Å². The Bertz CT molecular complexity index is 747. The number of sulfonamides is 1. The molecule has 3 unspecified atom stereocenters. The van der Waals surface area contributed by atoms with Crippen LogP contribution in [0.15, 0.2) is 23.1 Å². The second kappa shape index (κ2) is 6.46. The molecule has 1 fully saturated rings. The minimum absolute atomic E-state index is 0.0166. The van der Waals surface area contributed by atoms with E-state index in [9.17, 15) is 13.2 Å². The van der Waals surface area contributed by atoms with Crippen LogP contribution < -0.4 is 14.9 Å². The molecular weight excluding hydrogens is 326 g/mol. The summed E-state index contributed by atoms with van der Waals surface area (Å²) in [5.74, 6) is -0.0166. The van der Waals surface area contributed by atoms with Gasteiger partial charge in [0.2, 0.25) is 15.9 Å². The molecule has 24 heavy (non-hydrogen) atoms. The number of benzene rings is 1. The smallest absolute Gasteiger partial charge is 0.240 e. The van der Waals surface area contributed by atoms with Crippen LogP contribution in [0.2, 0.25) is 0 Å². The van der Waals surface area contributed by atoms with Gasteiger partial charge < -0.3 is 10.2 Å². The van der Waals surface area contributed by atoms with Crippen molar-refractivity contribution in [1.29, 1.82) is 0 Å². The zero-order chi connectivity index (χ0) is 17.5. The molecule has 2 aliphatic rings. The molecule has 0 saturated carbocycles. The Balaban J connectivity index is 1.85. The first-order valence-electron chi connectivity index (χ1n) is 8.48. The van der Waals surface area contributed by atoms with E-state index in [1.54, 1.807) is 23.1 Å². The molecule has 0 aromatic heterocycles. The number of anilines is 1.